The van der Waals surface area contributed by atoms with Crippen molar-refractivity contribution in [2.75, 3.05) is 13.2 Å². The first-order valence-corrected chi connectivity index (χ1v) is 19.1. The van der Waals surface area contributed by atoms with Crippen LogP contribution in [0.3, 0.4) is 0 Å². The summed E-state index contributed by atoms with van der Waals surface area (Å²) in [7, 11) is -1.94. The van der Waals surface area contributed by atoms with Crippen molar-refractivity contribution in [3.8, 4) is 17.2 Å². The molecule has 2 saturated carbocycles. The molecule has 7 heteroatoms. The molecule has 0 saturated heterocycles. The van der Waals surface area contributed by atoms with Gasteiger partial charge in [-0.3, -0.25) is 0 Å². The smallest absolute Gasteiger partial charge is 0.511 e. The minimum absolute atomic E-state index is 0.106. The Morgan fingerprint density at radius 2 is 1.17 bits per heavy atom. The molecule has 246 valence electrons. The Hall–Kier alpha value is -3.31. The summed E-state index contributed by atoms with van der Waals surface area (Å²) in [6, 6.07) is 28.9. The van der Waals surface area contributed by atoms with E-state index in [9.17, 15) is 0 Å². The van der Waals surface area contributed by atoms with Gasteiger partial charge in [0.2, 0.25) is 0 Å². The highest BCUT2D eigenvalue weighted by atomic mass is 31.1. The van der Waals surface area contributed by atoms with Crippen molar-refractivity contribution in [1.29, 1.82) is 0 Å². The van der Waals surface area contributed by atoms with Gasteiger partial charge in [-0.15, -0.1) is 0 Å². The fourth-order valence-electron chi connectivity index (χ4n) is 7.62. The van der Waals surface area contributed by atoms with E-state index in [0.29, 0.717) is 5.75 Å². The molecule has 5 aromatic carbocycles. The Kier molecular flexibility index (Phi) is 11.6. The Morgan fingerprint density at radius 1 is 0.617 bits per heavy atom. The summed E-state index contributed by atoms with van der Waals surface area (Å²) in [4.78, 5) is 0. The van der Waals surface area contributed by atoms with Gasteiger partial charge in [0.15, 0.2) is 0 Å². The molecule has 0 radical (unpaired) electrons. The molecule has 0 heterocycles. The molecule has 0 amide bonds. The lowest BCUT2D eigenvalue weighted by atomic mass is 9.97. The second kappa shape index (κ2) is 16.2. The molecule has 0 bridgehead atoms. The van der Waals surface area contributed by atoms with Gasteiger partial charge in [0.25, 0.3) is 0 Å². The SMILES string of the molecule is CCOc1cc(OCC)cc(P(C2CCCCC2)C2CCCCC2)c1.OB(O)Oc1cccc2ccc3cc4ccccc4cc3c12. The van der Waals surface area contributed by atoms with Crippen LogP contribution in [0.5, 0.6) is 17.2 Å². The molecular formula is C40H48BO5P. The normalized spacial score (nSPS) is 15.9. The minimum Gasteiger partial charge on any atom is -0.511 e. The number of fused-ring (bicyclic) bond motifs is 4. The molecule has 7 rings (SSSR count). The monoisotopic (exact) mass is 650 g/mol. The van der Waals surface area contributed by atoms with E-state index in [1.54, 1.807) is 11.4 Å². The zero-order valence-corrected chi connectivity index (χ0v) is 28.8. The van der Waals surface area contributed by atoms with Gasteiger partial charge in [-0.2, -0.15) is 0 Å². The first kappa shape index (κ1) is 33.6. The van der Waals surface area contributed by atoms with Crippen molar-refractivity contribution in [2.24, 2.45) is 0 Å². The lowest BCUT2D eigenvalue weighted by molar-refractivity contribution is 0.289. The zero-order valence-electron chi connectivity index (χ0n) is 27.9. The molecule has 5 aromatic rings. The van der Waals surface area contributed by atoms with Crippen LogP contribution < -0.4 is 19.4 Å². The number of hydrogen-bond acceptors (Lipinski definition) is 5. The lowest BCUT2D eigenvalue weighted by Gasteiger charge is -2.39. The molecule has 47 heavy (non-hydrogen) atoms. The molecular weight excluding hydrogens is 602 g/mol. The summed E-state index contributed by atoms with van der Waals surface area (Å²) in [5, 5.41) is 26.2. The molecule has 2 N–H and O–H groups in total. The van der Waals surface area contributed by atoms with E-state index in [-0.39, 0.29) is 7.92 Å². The molecule has 0 aliphatic heterocycles. The van der Waals surface area contributed by atoms with Gasteiger partial charge in [-0.25, -0.2) is 0 Å². The van der Waals surface area contributed by atoms with E-state index in [1.165, 1.54) is 69.6 Å². The van der Waals surface area contributed by atoms with Crippen LogP contribution in [-0.4, -0.2) is 41.9 Å². The van der Waals surface area contributed by atoms with E-state index in [0.717, 1.165) is 63.0 Å². The van der Waals surface area contributed by atoms with Crippen LogP contribution >= 0.6 is 7.92 Å². The average molecular weight is 651 g/mol. The summed E-state index contributed by atoms with van der Waals surface area (Å²) >= 11 is 0. The summed E-state index contributed by atoms with van der Waals surface area (Å²) in [6.07, 6.45) is 14.3. The third-order valence-corrected chi connectivity index (χ3v) is 13.1. The molecule has 2 fully saturated rings. The van der Waals surface area contributed by atoms with Crippen molar-refractivity contribution in [3.05, 3.63) is 84.9 Å². The maximum atomic E-state index is 9.14. The van der Waals surface area contributed by atoms with Gasteiger partial charge in [0, 0.05) is 11.5 Å². The second-order valence-corrected chi connectivity index (χ2v) is 15.6. The largest absolute Gasteiger partial charge is 0.707 e. The number of benzene rings is 5. The predicted molar refractivity (Wildman–Crippen MR) is 199 cm³/mol. The highest BCUT2D eigenvalue weighted by Gasteiger charge is 2.33. The minimum atomic E-state index is -1.83. The molecule has 2 aliphatic rings. The van der Waals surface area contributed by atoms with E-state index in [4.69, 9.17) is 24.2 Å². The maximum absolute atomic E-state index is 9.14. The standard InChI is InChI=1S/C22H35O2P.C18H13BO3/c1-3-23-18-15-19(24-4-2)17-22(16-18)25(20-11-7-5-8-12-20)21-13-9-6-10-14-21;20-19(21)22-17-7-3-6-12-8-9-15-10-13-4-1-2-5-14(13)11-16(15)18(12)17/h15-17,20-21H,3-14H2,1-2H3;1-11,20-21H. The van der Waals surface area contributed by atoms with Crippen LogP contribution in [0.4, 0.5) is 0 Å². The molecule has 0 atom stereocenters. The van der Waals surface area contributed by atoms with Crippen molar-refractivity contribution < 1.29 is 24.2 Å². The number of ether oxygens (including phenoxy) is 2. The van der Waals surface area contributed by atoms with Crippen molar-refractivity contribution in [1.82, 2.24) is 0 Å². The topological polar surface area (TPSA) is 68.2 Å². The van der Waals surface area contributed by atoms with Crippen LogP contribution in [0.25, 0.3) is 32.3 Å². The Balaban J connectivity index is 0.000000165. The van der Waals surface area contributed by atoms with Gasteiger partial charge in [0.1, 0.15) is 17.2 Å². The van der Waals surface area contributed by atoms with Gasteiger partial charge in [-0.1, -0.05) is 95.0 Å². The summed E-state index contributed by atoms with van der Waals surface area (Å²) in [5.41, 5.74) is 1.83. The Bertz CT molecular complexity index is 1720. The van der Waals surface area contributed by atoms with Crippen LogP contribution in [0.15, 0.2) is 84.9 Å². The Labute approximate surface area is 281 Å². The van der Waals surface area contributed by atoms with E-state index in [1.807, 2.05) is 30.3 Å². The molecule has 2 aliphatic carbocycles. The lowest BCUT2D eigenvalue weighted by Crippen LogP contribution is -2.26. The average Bonchev–Trinajstić information content (AvgIpc) is 3.09. The van der Waals surface area contributed by atoms with E-state index < -0.39 is 7.32 Å². The highest BCUT2D eigenvalue weighted by Crippen LogP contribution is 2.55. The summed E-state index contributed by atoms with van der Waals surface area (Å²) in [6.45, 7) is 5.58. The van der Waals surface area contributed by atoms with Gasteiger partial charge >= 0.3 is 7.32 Å². The third kappa shape index (κ3) is 8.23. The second-order valence-electron chi connectivity index (χ2n) is 12.8. The van der Waals surface area contributed by atoms with E-state index in [2.05, 4.69) is 62.4 Å². The zero-order chi connectivity index (χ0) is 32.6. The molecule has 5 nitrogen and oxygen atoms in total. The van der Waals surface area contributed by atoms with Gasteiger partial charge < -0.3 is 24.2 Å². The molecule has 0 aromatic heterocycles. The van der Waals surface area contributed by atoms with Crippen LogP contribution in [-0.2, 0) is 0 Å². The van der Waals surface area contributed by atoms with Crippen molar-refractivity contribution >= 4 is 52.9 Å². The number of rotatable bonds is 9. The fourth-order valence-corrected chi connectivity index (χ4v) is 11.5. The van der Waals surface area contributed by atoms with Crippen LogP contribution in [0.1, 0.15) is 78.1 Å². The maximum Gasteiger partial charge on any atom is 0.707 e. The van der Waals surface area contributed by atoms with Gasteiger partial charge in [0.05, 0.1) is 13.2 Å². The Morgan fingerprint density at radius 3 is 1.74 bits per heavy atom. The third-order valence-electron chi connectivity index (χ3n) is 9.64. The van der Waals surface area contributed by atoms with Crippen LogP contribution in [0.2, 0.25) is 0 Å². The first-order chi connectivity index (χ1) is 23.0. The quantitative estimate of drug-likeness (QED) is 0.0720. The first-order valence-electron chi connectivity index (χ1n) is 17.6. The van der Waals surface area contributed by atoms with Crippen molar-refractivity contribution in [3.63, 3.8) is 0 Å². The highest BCUT2D eigenvalue weighted by molar-refractivity contribution is 7.67. The van der Waals surface area contributed by atoms with Crippen molar-refractivity contribution in [2.45, 2.75) is 89.4 Å². The van der Waals surface area contributed by atoms with Crippen LogP contribution in [0, 0.1) is 0 Å². The molecule has 0 spiro atoms. The summed E-state index contributed by atoms with van der Waals surface area (Å²) in [5.74, 6) is 2.47. The van der Waals surface area contributed by atoms with Gasteiger partial charge in [-0.05, 0) is 113 Å². The fraction of sp³-hybridized carbons (Fsp3) is 0.400. The number of hydrogen-bond donors (Lipinski definition) is 2. The predicted octanol–water partition coefficient (Wildman–Crippen LogP) is 9.75. The van der Waals surface area contributed by atoms with E-state index >= 15 is 0 Å². The summed E-state index contributed by atoms with van der Waals surface area (Å²) < 4.78 is 16.9. The molecule has 0 unspecified atom stereocenters.